The third-order valence-electron chi connectivity index (χ3n) is 4.62. The number of benzene rings is 2. The van der Waals surface area contributed by atoms with Gasteiger partial charge in [-0.05, 0) is 49.4 Å². The molecule has 0 saturated heterocycles. The molecular formula is C23H20FN5O2. The van der Waals surface area contributed by atoms with Gasteiger partial charge in [0.05, 0.1) is 12.3 Å². The van der Waals surface area contributed by atoms with Crippen LogP contribution in [-0.2, 0) is 6.54 Å². The van der Waals surface area contributed by atoms with Crippen molar-refractivity contribution in [1.29, 1.82) is 0 Å². The fourth-order valence-electron chi connectivity index (χ4n) is 3.17. The third-order valence-corrected chi connectivity index (χ3v) is 4.62. The number of halogens is 1. The lowest BCUT2D eigenvalue weighted by Gasteiger charge is -2.11. The number of carbonyl (C=O) groups excluding carboxylic acids is 1. The minimum Gasteiger partial charge on any atom is -0.494 e. The Balaban J connectivity index is 1.67. The van der Waals surface area contributed by atoms with Crippen LogP contribution in [0.4, 0.5) is 4.39 Å². The second-order valence-electron chi connectivity index (χ2n) is 6.63. The first kappa shape index (κ1) is 20.2. The van der Waals surface area contributed by atoms with Gasteiger partial charge in [-0.3, -0.25) is 9.78 Å². The highest BCUT2D eigenvalue weighted by molar-refractivity contribution is 5.98. The summed E-state index contributed by atoms with van der Waals surface area (Å²) in [5.41, 5.74) is 2.80. The molecule has 0 aliphatic rings. The average molecular weight is 417 g/mol. The summed E-state index contributed by atoms with van der Waals surface area (Å²) in [7, 11) is 0. The molecule has 0 bridgehead atoms. The van der Waals surface area contributed by atoms with Gasteiger partial charge < -0.3 is 10.1 Å². The fourth-order valence-corrected chi connectivity index (χ4v) is 3.17. The topological polar surface area (TPSA) is 81.9 Å². The van der Waals surface area contributed by atoms with E-state index in [2.05, 4.69) is 20.6 Å². The molecular weight excluding hydrogens is 397 g/mol. The van der Waals surface area contributed by atoms with Gasteiger partial charge in [-0.2, -0.15) is 0 Å². The van der Waals surface area contributed by atoms with Gasteiger partial charge >= 0.3 is 0 Å². The largest absolute Gasteiger partial charge is 0.494 e. The molecule has 156 valence electrons. The van der Waals surface area contributed by atoms with Gasteiger partial charge in [0, 0.05) is 30.1 Å². The van der Waals surface area contributed by atoms with Crippen LogP contribution in [0.15, 0.2) is 73.1 Å². The summed E-state index contributed by atoms with van der Waals surface area (Å²) in [4.78, 5) is 17.1. The Hall–Kier alpha value is -4.07. The van der Waals surface area contributed by atoms with Crippen molar-refractivity contribution in [2.45, 2.75) is 13.5 Å². The lowest BCUT2D eigenvalue weighted by atomic mass is 10.1. The van der Waals surface area contributed by atoms with Crippen molar-refractivity contribution in [3.63, 3.8) is 0 Å². The second-order valence-corrected chi connectivity index (χ2v) is 6.63. The molecule has 7 nitrogen and oxygen atoms in total. The van der Waals surface area contributed by atoms with Crippen molar-refractivity contribution in [2.24, 2.45) is 0 Å². The SMILES string of the molecule is CCOc1ccccc1CNC(=O)c1nnn(-c2ccc(F)cc2)c1-c1ccncc1. The molecule has 2 aromatic heterocycles. The number of pyridine rings is 1. The standard InChI is InChI=1S/C23H20FN5O2/c1-2-31-20-6-4-3-5-17(20)15-26-23(30)21-22(16-11-13-25-14-12-16)29(28-27-21)19-9-7-18(24)8-10-19/h3-14H,2,15H2,1H3,(H,26,30). The number of nitrogens with zero attached hydrogens (tertiary/aromatic N) is 4. The van der Waals surface area contributed by atoms with Crippen LogP contribution < -0.4 is 10.1 Å². The smallest absolute Gasteiger partial charge is 0.274 e. The summed E-state index contributed by atoms with van der Waals surface area (Å²) in [6.45, 7) is 2.71. The van der Waals surface area contributed by atoms with Crippen LogP contribution in [0.1, 0.15) is 23.0 Å². The maximum absolute atomic E-state index is 13.4. The molecule has 31 heavy (non-hydrogen) atoms. The van der Waals surface area contributed by atoms with Crippen molar-refractivity contribution in [3.8, 4) is 22.7 Å². The number of hydrogen-bond acceptors (Lipinski definition) is 5. The van der Waals surface area contributed by atoms with Crippen molar-refractivity contribution >= 4 is 5.91 Å². The van der Waals surface area contributed by atoms with Crippen LogP contribution in [0, 0.1) is 5.82 Å². The highest BCUT2D eigenvalue weighted by Gasteiger charge is 2.22. The number of para-hydroxylation sites is 1. The first-order valence-corrected chi connectivity index (χ1v) is 9.78. The molecule has 0 fully saturated rings. The Labute approximate surface area is 178 Å². The molecule has 0 aliphatic carbocycles. The Morgan fingerprint density at radius 1 is 1.06 bits per heavy atom. The lowest BCUT2D eigenvalue weighted by Crippen LogP contribution is -2.24. The van der Waals surface area contributed by atoms with E-state index < -0.39 is 0 Å². The van der Waals surface area contributed by atoms with Crippen molar-refractivity contribution in [1.82, 2.24) is 25.3 Å². The van der Waals surface area contributed by atoms with E-state index >= 15 is 0 Å². The Morgan fingerprint density at radius 3 is 2.55 bits per heavy atom. The summed E-state index contributed by atoms with van der Waals surface area (Å²) >= 11 is 0. The molecule has 0 unspecified atom stereocenters. The quantitative estimate of drug-likeness (QED) is 0.495. The summed E-state index contributed by atoms with van der Waals surface area (Å²) < 4.78 is 20.5. The normalized spacial score (nSPS) is 10.6. The minimum atomic E-state index is -0.383. The van der Waals surface area contributed by atoms with E-state index in [4.69, 9.17) is 4.74 Å². The summed E-state index contributed by atoms with van der Waals surface area (Å²) in [5, 5.41) is 11.2. The van der Waals surface area contributed by atoms with Crippen molar-refractivity contribution < 1.29 is 13.9 Å². The molecule has 4 rings (SSSR count). The Kier molecular flexibility index (Phi) is 5.98. The number of ether oxygens (including phenoxy) is 1. The molecule has 2 aromatic carbocycles. The number of nitrogens with one attached hydrogen (secondary N) is 1. The molecule has 0 radical (unpaired) electrons. The minimum absolute atomic E-state index is 0.157. The van der Waals surface area contributed by atoms with Crippen LogP contribution in [0.2, 0.25) is 0 Å². The van der Waals surface area contributed by atoms with Crippen molar-refractivity contribution in [3.05, 3.63) is 90.1 Å². The fraction of sp³-hybridized carbons (Fsp3) is 0.130. The van der Waals surface area contributed by atoms with Crippen LogP contribution >= 0.6 is 0 Å². The van der Waals surface area contributed by atoms with Crippen molar-refractivity contribution in [2.75, 3.05) is 6.61 Å². The maximum Gasteiger partial charge on any atom is 0.274 e. The molecule has 0 saturated carbocycles. The summed E-state index contributed by atoms with van der Waals surface area (Å²) in [5.74, 6) is -0.0265. The average Bonchev–Trinajstić information content (AvgIpc) is 3.25. The number of rotatable bonds is 7. The van der Waals surface area contributed by atoms with Gasteiger partial charge in [0.1, 0.15) is 17.3 Å². The number of carbonyl (C=O) groups is 1. The van der Waals surface area contributed by atoms with E-state index in [0.717, 1.165) is 11.3 Å². The lowest BCUT2D eigenvalue weighted by molar-refractivity contribution is 0.0946. The molecule has 8 heteroatoms. The number of hydrogen-bond donors (Lipinski definition) is 1. The number of amides is 1. The molecule has 0 aliphatic heterocycles. The van der Waals surface area contributed by atoms with E-state index in [1.165, 1.54) is 16.8 Å². The first-order chi connectivity index (χ1) is 15.2. The zero-order chi connectivity index (χ0) is 21.6. The molecule has 1 amide bonds. The molecule has 1 N–H and O–H groups in total. The van der Waals surface area contributed by atoms with Crippen LogP contribution in [0.25, 0.3) is 16.9 Å². The molecule has 0 atom stereocenters. The summed E-state index contributed by atoms with van der Waals surface area (Å²) in [6, 6.07) is 16.9. The Bertz CT molecular complexity index is 1180. The van der Waals surface area contributed by atoms with Gasteiger partial charge in [-0.1, -0.05) is 23.4 Å². The maximum atomic E-state index is 13.4. The van der Waals surface area contributed by atoms with E-state index in [0.29, 0.717) is 23.6 Å². The van der Waals surface area contributed by atoms with Gasteiger partial charge in [0.2, 0.25) is 0 Å². The monoisotopic (exact) mass is 417 g/mol. The third kappa shape index (κ3) is 4.42. The summed E-state index contributed by atoms with van der Waals surface area (Å²) in [6.07, 6.45) is 3.24. The highest BCUT2D eigenvalue weighted by Crippen LogP contribution is 2.25. The zero-order valence-corrected chi connectivity index (χ0v) is 16.8. The van der Waals surface area contributed by atoms with Gasteiger partial charge in [0.25, 0.3) is 5.91 Å². The van der Waals surface area contributed by atoms with E-state index in [9.17, 15) is 9.18 Å². The van der Waals surface area contributed by atoms with Crippen LogP contribution in [0.3, 0.4) is 0 Å². The van der Waals surface area contributed by atoms with Gasteiger partial charge in [-0.25, -0.2) is 9.07 Å². The highest BCUT2D eigenvalue weighted by atomic mass is 19.1. The van der Waals surface area contributed by atoms with Gasteiger partial charge in [0.15, 0.2) is 5.69 Å². The van der Waals surface area contributed by atoms with E-state index in [-0.39, 0.29) is 24.0 Å². The molecule has 4 aromatic rings. The van der Waals surface area contributed by atoms with E-state index in [1.807, 2.05) is 31.2 Å². The molecule has 2 heterocycles. The van der Waals surface area contributed by atoms with Crippen LogP contribution in [0.5, 0.6) is 5.75 Å². The first-order valence-electron chi connectivity index (χ1n) is 9.78. The van der Waals surface area contributed by atoms with Gasteiger partial charge in [-0.15, -0.1) is 5.10 Å². The number of aromatic nitrogens is 4. The second kappa shape index (κ2) is 9.17. The van der Waals surface area contributed by atoms with Crippen LogP contribution in [-0.4, -0.2) is 32.5 Å². The zero-order valence-electron chi connectivity index (χ0n) is 16.8. The Morgan fingerprint density at radius 2 is 1.81 bits per heavy atom. The van der Waals surface area contributed by atoms with E-state index in [1.54, 1.807) is 36.7 Å². The predicted octanol–water partition coefficient (Wildman–Crippen LogP) is 3.80. The predicted molar refractivity (Wildman–Crippen MR) is 113 cm³/mol. The molecule has 0 spiro atoms.